The van der Waals surface area contributed by atoms with Crippen molar-refractivity contribution in [3.05, 3.63) is 16.8 Å². The van der Waals surface area contributed by atoms with Gasteiger partial charge < -0.3 is 10.9 Å². The number of hydrogen-bond donors (Lipinski definition) is 2. The largest absolute Gasteiger partial charge is 0.409 e. The smallest absolute Gasteiger partial charge is 0.173 e. The summed E-state index contributed by atoms with van der Waals surface area (Å²) in [6, 6.07) is 0. The van der Waals surface area contributed by atoms with Crippen LogP contribution < -0.4 is 5.73 Å². The molecule has 0 spiro atoms. The molecule has 1 rings (SSSR count). The van der Waals surface area contributed by atoms with Crippen molar-refractivity contribution in [3.63, 3.8) is 0 Å². The Kier molecular flexibility index (Phi) is 5.17. The molecule has 5 nitrogen and oxygen atoms in total. The molecule has 1 aromatic rings. The molecule has 3 N–H and O–H groups in total. The number of aromatic nitrogens is 2. The molecule has 1 aromatic heterocycles. The topological polar surface area (TPSA) is 84.4 Å². The van der Waals surface area contributed by atoms with Gasteiger partial charge in [-0.25, -0.2) is 0 Å². The molecule has 0 atom stereocenters. The average molecular weight is 282 g/mol. The van der Waals surface area contributed by atoms with Crippen molar-refractivity contribution in [2.45, 2.75) is 57.2 Å². The van der Waals surface area contributed by atoms with Crippen molar-refractivity contribution < 1.29 is 5.21 Å². The van der Waals surface area contributed by atoms with E-state index in [9.17, 15) is 0 Å². The number of aryl methyl sites for hydroxylation is 1. The molecular weight excluding hydrogens is 260 g/mol. The Labute approximate surface area is 118 Å². The molecule has 0 radical (unpaired) electrons. The molecule has 0 aliphatic carbocycles. The lowest BCUT2D eigenvalue weighted by Crippen LogP contribution is -2.21. The Morgan fingerprint density at radius 1 is 1.26 bits per heavy atom. The van der Waals surface area contributed by atoms with Gasteiger partial charge in [0.25, 0.3) is 0 Å². The lowest BCUT2D eigenvalue weighted by molar-refractivity contribution is 0.318. The Morgan fingerprint density at radius 3 is 2.32 bits per heavy atom. The first-order chi connectivity index (χ1) is 8.84. The van der Waals surface area contributed by atoms with Crippen molar-refractivity contribution in [1.29, 1.82) is 0 Å². The normalized spacial score (nSPS) is 12.8. The maximum absolute atomic E-state index is 9.00. The first-order valence-corrected chi connectivity index (χ1v) is 7.21. The van der Waals surface area contributed by atoms with Crippen molar-refractivity contribution in [1.82, 2.24) is 10.2 Å². The van der Waals surface area contributed by atoms with Crippen LogP contribution in [0, 0.1) is 0 Å². The van der Waals surface area contributed by atoms with Gasteiger partial charge in [-0.3, -0.25) is 0 Å². The van der Waals surface area contributed by atoms with Crippen LogP contribution in [0.25, 0.3) is 0 Å². The number of rotatable bonds is 4. The highest BCUT2D eigenvalue weighted by Crippen LogP contribution is 2.34. The maximum Gasteiger partial charge on any atom is 0.173 e. The van der Waals surface area contributed by atoms with Gasteiger partial charge in [0.15, 0.2) is 5.84 Å². The van der Waals surface area contributed by atoms with Crippen LogP contribution in [0.1, 0.15) is 51.4 Å². The van der Waals surface area contributed by atoms with Gasteiger partial charge in [0.1, 0.15) is 5.03 Å². The molecule has 0 aliphatic heterocycles. The van der Waals surface area contributed by atoms with Gasteiger partial charge in [-0.1, -0.05) is 51.5 Å². The van der Waals surface area contributed by atoms with Crippen LogP contribution in [0.5, 0.6) is 0 Å². The van der Waals surface area contributed by atoms with Crippen LogP contribution in [-0.4, -0.2) is 26.0 Å². The highest BCUT2D eigenvalue weighted by atomic mass is 32.2. The Balaban J connectivity index is 3.47. The summed E-state index contributed by atoms with van der Waals surface area (Å²) in [5.41, 5.74) is 8.47. The van der Waals surface area contributed by atoms with E-state index in [4.69, 9.17) is 10.9 Å². The van der Waals surface area contributed by atoms with Crippen molar-refractivity contribution >= 4 is 17.6 Å². The fourth-order valence-corrected chi connectivity index (χ4v) is 2.82. The average Bonchev–Trinajstić information content (AvgIpc) is 2.35. The minimum absolute atomic E-state index is 0.0160. The van der Waals surface area contributed by atoms with Gasteiger partial charge in [0, 0.05) is 4.75 Å². The highest BCUT2D eigenvalue weighted by molar-refractivity contribution is 8.00. The zero-order valence-corrected chi connectivity index (χ0v) is 13.0. The molecule has 0 saturated heterocycles. The van der Waals surface area contributed by atoms with Crippen LogP contribution in [0.2, 0.25) is 0 Å². The summed E-state index contributed by atoms with van der Waals surface area (Å²) in [4.78, 5) is 0. The zero-order valence-electron chi connectivity index (χ0n) is 12.2. The summed E-state index contributed by atoms with van der Waals surface area (Å²) < 4.78 is -0.0160. The summed E-state index contributed by atoms with van der Waals surface area (Å²) >= 11 is 1.57. The van der Waals surface area contributed by atoms with Gasteiger partial charge >= 0.3 is 0 Å². The standard InChI is InChI=1S/C13H22N4OS/c1-6-8-9(7-2)15-16-12(19-13(3,4)5)10(8)11(14)17-18/h18H,6-7H2,1-5H3,(H2,14,17). The second-order valence-electron chi connectivity index (χ2n) is 5.21. The van der Waals surface area contributed by atoms with E-state index in [0.717, 1.165) is 34.7 Å². The van der Waals surface area contributed by atoms with Crippen LogP contribution in [-0.2, 0) is 12.8 Å². The van der Waals surface area contributed by atoms with Gasteiger partial charge in [-0.05, 0) is 18.4 Å². The predicted octanol–water partition coefficient (Wildman–Crippen LogP) is 2.59. The van der Waals surface area contributed by atoms with Crippen molar-refractivity contribution in [3.8, 4) is 0 Å². The van der Waals surface area contributed by atoms with E-state index in [1.807, 2.05) is 13.8 Å². The molecule has 1 heterocycles. The number of nitrogens with two attached hydrogens (primary N) is 1. The van der Waals surface area contributed by atoms with Crippen molar-refractivity contribution in [2.24, 2.45) is 10.9 Å². The predicted molar refractivity (Wildman–Crippen MR) is 78.9 cm³/mol. The molecule has 106 valence electrons. The maximum atomic E-state index is 9.00. The summed E-state index contributed by atoms with van der Waals surface area (Å²) in [6.07, 6.45) is 1.56. The third kappa shape index (κ3) is 3.83. The third-order valence-electron chi connectivity index (χ3n) is 2.58. The Hall–Kier alpha value is -1.30. The van der Waals surface area contributed by atoms with Gasteiger partial charge in [0.2, 0.25) is 0 Å². The number of hydrogen-bond acceptors (Lipinski definition) is 5. The first-order valence-electron chi connectivity index (χ1n) is 6.39. The minimum atomic E-state index is -0.0160. The number of thioether (sulfide) groups is 1. The monoisotopic (exact) mass is 282 g/mol. The summed E-state index contributed by atoms with van der Waals surface area (Å²) in [5, 5.41) is 21.4. The van der Waals surface area contributed by atoms with Gasteiger partial charge in [-0.2, -0.15) is 5.10 Å². The molecule has 0 amide bonds. The highest BCUT2D eigenvalue weighted by Gasteiger charge is 2.22. The third-order valence-corrected chi connectivity index (χ3v) is 3.67. The van der Waals surface area contributed by atoms with E-state index >= 15 is 0 Å². The molecule has 0 bridgehead atoms. The second kappa shape index (κ2) is 6.23. The van der Waals surface area contributed by atoms with E-state index in [-0.39, 0.29) is 10.6 Å². The second-order valence-corrected chi connectivity index (χ2v) is 7.03. The van der Waals surface area contributed by atoms with Gasteiger partial charge in [0.05, 0.1) is 11.3 Å². The van der Waals surface area contributed by atoms with Crippen LogP contribution in [0.15, 0.2) is 10.2 Å². The molecule has 6 heteroatoms. The fraction of sp³-hybridized carbons (Fsp3) is 0.615. The van der Waals surface area contributed by atoms with E-state index in [1.165, 1.54) is 0 Å². The SMILES string of the molecule is CCc1nnc(SC(C)(C)C)c(C(N)=NO)c1CC. The lowest BCUT2D eigenvalue weighted by atomic mass is 10.0. The quantitative estimate of drug-likeness (QED) is 0.291. The van der Waals surface area contributed by atoms with Gasteiger partial charge in [-0.15, -0.1) is 5.10 Å². The molecular formula is C13H22N4OS. The van der Waals surface area contributed by atoms with Crippen LogP contribution in [0.4, 0.5) is 0 Å². The van der Waals surface area contributed by atoms with E-state index in [1.54, 1.807) is 11.8 Å². The number of amidine groups is 1. The minimum Gasteiger partial charge on any atom is -0.409 e. The number of oxime groups is 1. The summed E-state index contributed by atoms with van der Waals surface area (Å²) in [6.45, 7) is 10.3. The molecule has 0 aliphatic rings. The van der Waals surface area contributed by atoms with E-state index in [0.29, 0.717) is 0 Å². The molecule has 0 unspecified atom stereocenters. The Bertz CT molecular complexity index is 480. The number of nitrogens with zero attached hydrogens (tertiary/aromatic N) is 3. The summed E-state index contributed by atoms with van der Waals surface area (Å²) in [5.74, 6) is 0.105. The van der Waals surface area contributed by atoms with Crippen molar-refractivity contribution in [2.75, 3.05) is 0 Å². The molecule has 0 saturated carbocycles. The zero-order chi connectivity index (χ0) is 14.6. The Morgan fingerprint density at radius 2 is 1.89 bits per heavy atom. The van der Waals surface area contributed by atoms with E-state index in [2.05, 4.69) is 36.1 Å². The molecule has 19 heavy (non-hydrogen) atoms. The van der Waals surface area contributed by atoms with E-state index < -0.39 is 0 Å². The molecule has 0 aromatic carbocycles. The first kappa shape index (κ1) is 15.8. The van der Waals surface area contributed by atoms with Crippen LogP contribution in [0.3, 0.4) is 0 Å². The fourth-order valence-electron chi connectivity index (χ4n) is 1.83. The van der Waals surface area contributed by atoms with Crippen LogP contribution >= 0.6 is 11.8 Å². The summed E-state index contributed by atoms with van der Waals surface area (Å²) in [7, 11) is 0. The molecule has 0 fully saturated rings. The lowest BCUT2D eigenvalue weighted by Gasteiger charge is -2.20.